The van der Waals surface area contributed by atoms with Crippen molar-refractivity contribution in [2.45, 2.75) is 13.0 Å². The van der Waals surface area contributed by atoms with Gasteiger partial charge in [0.15, 0.2) is 0 Å². The minimum absolute atomic E-state index is 0.0240. The highest BCUT2D eigenvalue weighted by molar-refractivity contribution is 5.98. The van der Waals surface area contributed by atoms with Gasteiger partial charge >= 0.3 is 0 Å². The number of hydrogen-bond donors (Lipinski definition) is 0. The smallest absolute Gasteiger partial charge is 0.269 e. The van der Waals surface area contributed by atoms with Gasteiger partial charge in [-0.2, -0.15) is 0 Å². The standard InChI is InChI=1S/C20H18N2O3/c1-14(16-8-5-9-19(13-16)22(24)25)21(2)20(23)18-11-10-15-6-3-4-7-17(15)12-18/h3-14H,1-2H3/t14-/m0/s1. The van der Waals surface area contributed by atoms with E-state index in [-0.39, 0.29) is 17.6 Å². The maximum absolute atomic E-state index is 12.8. The Bertz CT molecular complexity index is 952. The van der Waals surface area contributed by atoms with E-state index < -0.39 is 4.92 Å². The Balaban J connectivity index is 1.87. The first kappa shape index (κ1) is 16.6. The SMILES string of the molecule is C[C@@H](c1cccc([N+](=O)[O-])c1)N(C)C(=O)c1ccc2ccccc2c1. The molecule has 0 aliphatic rings. The Kier molecular flexibility index (Phi) is 4.48. The van der Waals surface area contributed by atoms with Gasteiger partial charge < -0.3 is 4.90 Å². The molecule has 1 amide bonds. The molecule has 3 aromatic carbocycles. The molecule has 25 heavy (non-hydrogen) atoms. The molecule has 0 N–H and O–H groups in total. The van der Waals surface area contributed by atoms with Crippen LogP contribution in [-0.2, 0) is 0 Å². The summed E-state index contributed by atoms with van der Waals surface area (Å²) in [5, 5.41) is 13.0. The first-order valence-electron chi connectivity index (χ1n) is 7.97. The van der Waals surface area contributed by atoms with E-state index in [4.69, 9.17) is 0 Å². The van der Waals surface area contributed by atoms with Crippen LogP contribution in [0.15, 0.2) is 66.7 Å². The summed E-state index contributed by atoms with van der Waals surface area (Å²) < 4.78 is 0. The van der Waals surface area contributed by atoms with Crippen molar-refractivity contribution in [2.24, 2.45) is 0 Å². The molecule has 0 bridgehead atoms. The first-order chi connectivity index (χ1) is 12.0. The molecule has 0 aromatic heterocycles. The fraction of sp³-hybridized carbons (Fsp3) is 0.150. The number of non-ortho nitro benzene ring substituents is 1. The third-order valence-corrected chi connectivity index (χ3v) is 4.46. The maximum atomic E-state index is 12.8. The van der Waals surface area contributed by atoms with E-state index in [1.54, 1.807) is 30.1 Å². The fourth-order valence-corrected chi connectivity index (χ4v) is 2.82. The van der Waals surface area contributed by atoms with Gasteiger partial charge in [-0.25, -0.2) is 0 Å². The number of nitro benzene ring substituents is 1. The summed E-state index contributed by atoms with van der Waals surface area (Å²) in [5.41, 5.74) is 1.35. The van der Waals surface area contributed by atoms with Crippen LogP contribution in [0, 0.1) is 10.1 Å². The lowest BCUT2D eigenvalue weighted by Crippen LogP contribution is -2.29. The van der Waals surface area contributed by atoms with Crippen LogP contribution in [0.3, 0.4) is 0 Å². The van der Waals surface area contributed by atoms with E-state index in [0.29, 0.717) is 5.56 Å². The molecule has 126 valence electrons. The van der Waals surface area contributed by atoms with Crippen molar-refractivity contribution in [2.75, 3.05) is 7.05 Å². The monoisotopic (exact) mass is 334 g/mol. The van der Waals surface area contributed by atoms with Crippen molar-refractivity contribution >= 4 is 22.4 Å². The van der Waals surface area contributed by atoms with Crippen LogP contribution < -0.4 is 0 Å². The van der Waals surface area contributed by atoms with Gasteiger partial charge in [0.05, 0.1) is 11.0 Å². The van der Waals surface area contributed by atoms with Crippen LogP contribution in [0.2, 0.25) is 0 Å². The molecule has 0 fully saturated rings. The lowest BCUT2D eigenvalue weighted by atomic mass is 10.0. The lowest BCUT2D eigenvalue weighted by Gasteiger charge is -2.25. The quantitative estimate of drug-likeness (QED) is 0.518. The molecular formula is C20H18N2O3. The predicted octanol–water partition coefficient (Wildman–Crippen LogP) is 4.58. The highest BCUT2D eigenvalue weighted by Gasteiger charge is 2.20. The lowest BCUT2D eigenvalue weighted by molar-refractivity contribution is -0.384. The van der Waals surface area contributed by atoms with Gasteiger partial charge in [-0.15, -0.1) is 0 Å². The second kappa shape index (κ2) is 6.73. The normalized spacial score (nSPS) is 11.9. The van der Waals surface area contributed by atoms with E-state index >= 15 is 0 Å². The third-order valence-electron chi connectivity index (χ3n) is 4.46. The highest BCUT2D eigenvalue weighted by Crippen LogP contribution is 2.25. The molecule has 0 aliphatic carbocycles. The minimum atomic E-state index is -0.429. The molecule has 0 saturated carbocycles. The summed E-state index contributed by atoms with van der Waals surface area (Å²) in [5.74, 6) is -0.121. The average Bonchev–Trinajstić information content (AvgIpc) is 2.65. The summed E-state index contributed by atoms with van der Waals surface area (Å²) in [6.45, 7) is 1.86. The maximum Gasteiger partial charge on any atom is 0.269 e. The summed E-state index contributed by atoms with van der Waals surface area (Å²) in [7, 11) is 1.71. The minimum Gasteiger partial charge on any atom is -0.335 e. The van der Waals surface area contributed by atoms with Gasteiger partial charge in [0.1, 0.15) is 0 Å². The summed E-state index contributed by atoms with van der Waals surface area (Å²) in [4.78, 5) is 24.9. The zero-order chi connectivity index (χ0) is 18.0. The number of benzene rings is 3. The van der Waals surface area contributed by atoms with E-state index in [1.165, 1.54) is 12.1 Å². The first-order valence-corrected chi connectivity index (χ1v) is 7.97. The molecule has 0 radical (unpaired) electrons. The highest BCUT2D eigenvalue weighted by atomic mass is 16.6. The zero-order valence-electron chi connectivity index (χ0n) is 14.0. The zero-order valence-corrected chi connectivity index (χ0v) is 14.0. The Morgan fingerprint density at radius 3 is 2.44 bits per heavy atom. The number of rotatable bonds is 4. The van der Waals surface area contributed by atoms with Gasteiger partial charge in [-0.05, 0) is 35.4 Å². The van der Waals surface area contributed by atoms with Crippen molar-refractivity contribution in [3.05, 3.63) is 88.0 Å². The molecular weight excluding hydrogens is 316 g/mol. The van der Waals surface area contributed by atoms with Crippen LogP contribution in [-0.4, -0.2) is 22.8 Å². The fourth-order valence-electron chi connectivity index (χ4n) is 2.82. The Labute approximate surface area is 145 Å². The van der Waals surface area contributed by atoms with Crippen molar-refractivity contribution < 1.29 is 9.72 Å². The van der Waals surface area contributed by atoms with Gasteiger partial charge in [0.25, 0.3) is 11.6 Å². The Hall–Kier alpha value is -3.21. The second-order valence-corrected chi connectivity index (χ2v) is 6.01. The average molecular weight is 334 g/mol. The van der Waals surface area contributed by atoms with E-state index in [0.717, 1.165) is 16.3 Å². The number of amides is 1. The van der Waals surface area contributed by atoms with Crippen molar-refractivity contribution in [3.8, 4) is 0 Å². The summed E-state index contributed by atoms with van der Waals surface area (Å²) in [6.07, 6.45) is 0. The molecule has 1 atom stereocenters. The molecule has 0 spiro atoms. The van der Waals surface area contributed by atoms with Gasteiger partial charge in [0, 0.05) is 24.7 Å². The number of nitro groups is 1. The number of nitrogens with zero attached hydrogens (tertiary/aromatic N) is 2. The number of fused-ring (bicyclic) bond motifs is 1. The number of carbonyl (C=O) groups is 1. The second-order valence-electron chi connectivity index (χ2n) is 6.01. The largest absolute Gasteiger partial charge is 0.335 e. The van der Waals surface area contributed by atoms with Gasteiger partial charge in [-0.3, -0.25) is 14.9 Å². The van der Waals surface area contributed by atoms with Crippen molar-refractivity contribution in [1.29, 1.82) is 0 Å². The van der Waals surface area contributed by atoms with E-state index in [1.807, 2.05) is 43.3 Å². The van der Waals surface area contributed by atoms with Crippen LogP contribution in [0.25, 0.3) is 10.8 Å². The Morgan fingerprint density at radius 2 is 1.72 bits per heavy atom. The molecule has 5 nitrogen and oxygen atoms in total. The molecule has 0 saturated heterocycles. The third kappa shape index (κ3) is 3.35. The molecule has 0 unspecified atom stereocenters. The van der Waals surface area contributed by atoms with Gasteiger partial charge in [-0.1, -0.05) is 42.5 Å². The molecule has 0 heterocycles. The van der Waals surface area contributed by atoms with E-state index in [9.17, 15) is 14.9 Å². The molecule has 0 aliphatic heterocycles. The van der Waals surface area contributed by atoms with Crippen LogP contribution in [0.5, 0.6) is 0 Å². The summed E-state index contributed by atoms with van der Waals surface area (Å²) in [6, 6.07) is 19.6. The number of hydrogen-bond acceptors (Lipinski definition) is 3. The molecule has 3 rings (SSSR count). The van der Waals surface area contributed by atoms with Gasteiger partial charge in [0.2, 0.25) is 0 Å². The van der Waals surface area contributed by atoms with Crippen LogP contribution in [0.1, 0.15) is 28.9 Å². The van der Waals surface area contributed by atoms with Crippen LogP contribution in [0.4, 0.5) is 5.69 Å². The van der Waals surface area contributed by atoms with Crippen molar-refractivity contribution in [3.63, 3.8) is 0 Å². The van der Waals surface area contributed by atoms with Crippen molar-refractivity contribution in [1.82, 2.24) is 4.90 Å². The Morgan fingerprint density at radius 1 is 1.00 bits per heavy atom. The topological polar surface area (TPSA) is 63.5 Å². The van der Waals surface area contributed by atoms with Crippen LogP contribution >= 0.6 is 0 Å². The summed E-state index contributed by atoms with van der Waals surface area (Å²) >= 11 is 0. The predicted molar refractivity (Wildman–Crippen MR) is 97.6 cm³/mol. The molecule has 3 aromatic rings. The molecule has 5 heteroatoms. The number of carbonyl (C=O) groups excluding carboxylic acids is 1. The van der Waals surface area contributed by atoms with E-state index in [2.05, 4.69) is 0 Å².